The summed E-state index contributed by atoms with van der Waals surface area (Å²) in [4.78, 5) is 11.7. The minimum absolute atomic E-state index is 0.177. The number of nitrogens with two attached hydrogens (primary N) is 1. The molecule has 1 rings (SSSR count). The van der Waals surface area contributed by atoms with Crippen molar-refractivity contribution in [3.8, 4) is 5.75 Å². The van der Waals surface area contributed by atoms with Crippen molar-refractivity contribution in [3.05, 3.63) is 29.6 Å². The van der Waals surface area contributed by atoms with Gasteiger partial charge >= 0.3 is 0 Å². The molecule has 1 atom stereocenters. The fraction of sp³-hybridized carbons (Fsp3) is 0.462. The third-order valence-corrected chi connectivity index (χ3v) is 2.61. The molecule has 0 aliphatic heterocycles. The van der Waals surface area contributed by atoms with Crippen molar-refractivity contribution in [2.75, 3.05) is 7.11 Å². The van der Waals surface area contributed by atoms with Gasteiger partial charge in [0.15, 0.2) is 11.6 Å². The summed E-state index contributed by atoms with van der Waals surface area (Å²) < 4.78 is 18.4. The predicted octanol–water partition coefficient (Wildman–Crippen LogP) is 1.75. The van der Waals surface area contributed by atoms with Gasteiger partial charge in [-0.1, -0.05) is 6.07 Å². The fourth-order valence-corrected chi connectivity index (χ4v) is 1.42. The molecule has 0 radical (unpaired) electrons. The van der Waals surface area contributed by atoms with Crippen LogP contribution in [0.1, 0.15) is 32.4 Å². The zero-order chi connectivity index (χ0) is 13.9. The van der Waals surface area contributed by atoms with Crippen LogP contribution in [-0.2, 0) is 4.79 Å². The van der Waals surface area contributed by atoms with E-state index in [2.05, 4.69) is 5.32 Å². The molecule has 0 saturated heterocycles. The van der Waals surface area contributed by atoms with E-state index in [1.807, 2.05) is 0 Å². The molecule has 0 spiro atoms. The second-order valence-electron chi connectivity index (χ2n) is 4.81. The van der Waals surface area contributed by atoms with E-state index in [0.717, 1.165) is 0 Å². The number of ether oxygens (including phenoxy) is 1. The Morgan fingerprint density at radius 3 is 2.56 bits per heavy atom. The lowest BCUT2D eigenvalue weighted by molar-refractivity contribution is -0.125. The molecule has 1 aromatic rings. The molecule has 0 aliphatic rings. The van der Waals surface area contributed by atoms with Crippen molar-refractivity contribution >= 4 is 5.91 Å². The molecule has 5 heteroatoms. The summed E-state index contributed by atoms with van der Waals surface area (Å²) in [5, 5.41) is 2.73. The topological polar surface area (TPSA) is 64.3 Å². The number of benzene rings is 1. The molecule has 3 N–H and O–H groups in total. The van der Waals surface area contributed by atoms with E-state index < -0.39 is 11.4 Å². The van der Waals surface area contributed by atoms with Crippen LogP contribution in [0.2, 0.25) is 0 Å². The molecule has 0 saturated carbocycles. The highest BCUT2D eigenvalue weighted by atomic mass is 19.1. The van der Waals surface area contributed by atoms with Crippen LogP contribution >= 0.6 is 0 Å². The highest BCUT2D eigenvalue weighted by Crippen LogP contribution is 2.21. The fourth-order valence-electron chi connectivity index (χ4n) is 1.42. The summed E-state index contributed by atoms with van der Waals surface area (Å²) in [6.07, 6.45) is 0. The minimum atomic E-state index is -0.959. The summed E-state index contributed by atoms with van der Waals surface area (Å²) in [6, 6.07) is 4.26. The maximum atomic E-state index is 13.5. The second-order valence-corrected chi connectivity index (χ2v) is 4.81. The first-order valence-corrected chi connectivity index (χ1v) is 5.69. The average molecular weight is 254 g/mol. The molecule has 1 aromatic carbocycles. The van der Waals surface area contributed by atoms with Crippen LogP contribution in [0.3, 0.4) is 0 Å². The molecule has 4 nitrogen and oxygen atoms in total. The Labute approximate surface area is 106 Å². The van der Waals surface area contributed by atoms with Crippen LogP contribution in [-0.4, -0.2) is 18.6 Å². The van der Waals surface area contributed by atoms with Crippen molar-refractivity contribution in [3.63, 3.8) is 0 Å². The Kier molecular flexibility index (Phi) is 4.29. The number of rotatable bonds is 4. The SMILES string of the molecule is COc1ccc(C(C)NC(=O)C(C)(C)N)cc1F. The number of carbonyl (C=O) groups excluding carboxylic acids is 1. The highest BCUT2D eigenvalue weighted by molar-refractivity contribution is 5.85. The lowest BCUT2D eigenvalue weighted by Gasteiger charge is -2.22. The van der Waals surface area contributed by atoms with Crippen molar-refractivity contribution in [1.82, 2.24) is 5.32 Å². The van der Waals surface area contributed by atoms with Gasteiger partial charge in [0.1, 0.15) is 0 Å². The van der Waals surface area contributed by atoms with E-state index in [1.54, 1.807) is 26.8 Å². The number of hydrogen-bond acceptors (Lipinski definition) is 3. The maximum absolute atomic E-state index is 13.5. The molecule has 0 heterocycles. The molecule has 0 bridgehead atoms. The minimum Gasteiger partial charge on any atom is -0.494 e. The van der Waals surface area contributed by atoms with E-state index in [-0.39, 0.29) is 17.7 Å². The molecule has 100 valence electrons. The van der Waals surface area contributed by atoms with Crippen molar-refractivity contribution in [2.24, 2.45) is 5.73 Å². The Morgan fingerprint density at radius 2 is 2.11 bits per heavy atom. The first-order valence-electron chi connectivity index (χ1n) is 5.69. The van der Waals surface area contributed by atoms with Gasteiger partial charge in [-0.3, -0.25) is 4.79 Å². The molecule has 1 unspecified atom stereocenters. The van der Waals surface area contributed by atoms with Crippen molar-refractivity contribution < 1.29 is 13.9 Å². The standard InChI is InChI=1S/C13H19FN2O2/c1-8(16-12(17)13(2,3)15)9-5-6-11(18-4)10(14)7-9/h5-8H,15H2,1-4H3,(H,16,17). The van der Waals surface area contributed by atoms with Crippen LogP contribution in [0.15, 0.2) is 18.2 Å². The van der Waals surface area contributed by atoms with Crippen LogP contribution in [0, 0.1) is 5.82 Å². The van der Waals surface area contributed by atoms with Gasteiger partial charge in [0, 0.05) is 0 Å². The molecule has 0 aliphatic carbocycles. The predicted molar refractivity (Wildman–Crippen MR) is 67.8 cm³/mol. The van der Waals surface area contributed by atoms with Gasteiger partial charge in [0.05, 0.1) is 18.7 Å². The van der Waals surface area contributed by atoms with E-state index in [4.69, 9.17) is 10.5 Å². The highest BCUT2D eigenvalue weighted by Gasteiger charge is 2.23. The summed E-state index contributed by atoms with van der Waals surface area (Å²) in [6.45, 7) is 5.00. The van der Waals surface area contributed by atoms with E-state index in [1.165, 1.54) is 19.2 Å². The van der Waals surface area contributed by atoms with Crippen molar-refractivity contribution in [2.45, 2.75) is 32.4 Å². The van der Waals surface area contributed by atoms with Gasteiger partial charge in [0.2, 0.25) is 5.91 Å². The number of methoxy groups -OCH3 is 1. The summed E-state index contributed by atoms with van der Waals surface area (Å²) in [5.41, 5.74) is 5.37. The Hall–Kier alpha value is -1.62. The van der Waals surface area contributed by atoms with Crippen LogP contribution in [0.5, 0.6) is 5.75 Å². The smallest absolute Gasteiger partial charge is 0.239 e. The summed E-state index contributed by atoms with van der Waals surface area (Å²) in [5.74, 6) is -0.564. The van der Waals surface area contributed by atoms with Gasteiger partial charge < -0.3 is 15.8 Å². The number of amides is 1. The van der Waals surface area contributed by atoms with Crippen LogP contribution in [0.4, 0.5) is 4.39 Å². The van der Waals surface area contributed by atoms with Gasteiger partial charge in [-0.2, -0.15) is 0 Å². The average Bonchev–Trinajstić information content (AvgIpc) is 2.27. The van der Waals surface area contributed by atoms with E-state index in [9.17, 15) is 9.18 Å². The van der Waals surface area contributed by atoms with Gasteiger partial charge in [-0.15, -0.1) is 0 Å². The first kappa shape index (κ1) is 14.4. The maximum Gasteiger partial charge on any atom is 0.239 e. The zero-order valence-electron chi connectivity index (χ0n) is 11.1. The molecular weight excluding hydrogens is 235 g/mol. The normalized spacial score (nSPS) is 13.0. The Morgan fingerprint density at radius 1 is 1.50 bits per heavy atom. The zero-order valence-corrected chi connectivity index (χ0v) is 11.1. The molecular formula is C13H19FN2O2. The Balaban J connectivity index is 2.82. The first-order chi connectivity index (χ1) is 8.25. The number of hydrogen-bond donors (Lipinski definition) is 2. The quantitative estimate of drug-likeness (QED) is 0.860. The number of nitrogens with one attached hydrogen (secondary N) is 1. The Bertz CT molecular complexity index is 441. The molecule has 1 amide bonds. The molecule has 0 fully saturated rings. The van der Waals surface area contributed by atoms with Gasteiger partial charge in [-0.25, -0.2) is 4.39 Å². The number of halogens is 1. The molecule has 18 heavy (non-hydrogen) atoms. The van der Waals surface area contributed by atoms with E-state index in [0.29, 0.717) is 5.56 Å². The lowest BCUT2D eigenvalue weighted by atomic mass is 10.0. The van der Waals surface area contributed by atoms with Gasteiger partial charge in [0.25, 0.3) is 0 Å². The molecule has 0 aromatic heterocycles. The van der Waals surface area contributed by atoms with Crippen molar-refractivity contribution in [1.29, 1.82) is 0 Å². The monoisotopic (exact) mass is 254 g/mol. The summed E-state index contributed by atoms with van der Waals surface area (Å²) >= 11 is 0. The largest absolute Gasteiger partial charge is 0.494 e. The van der Waals surface area contributed by atoms with Crippen LogP contribution in [0.25, 0.3) is 0 Å². The summed E-state index contributed by atoms with van der Waals surface area (Å²) in [7, 11) is 1.40. The van der Waals surface area contributed by atoms with Crippen LogP contribution < -0.4 is 15.8 Å². The second kappa shape index (κ2) is 5.35. The lowest BCUT2D eigenvalue weighted by Crippen LogP contribution is -2.49. The third kappa shape index (κ3) is 3.43. The third-order valence-electron chi connectivity index (χ3n) is 2.61. The van der Waals surface area contributed by atoms with Gasteiger partial charge in [-0.05, 0) is 38.5 Å². The number of carbonyl (C=O) groups is 1. The van der Waals surface area contributed by atoms with E-state index >= 15 is 0 Å².